The molecule has 44 heavy (non-hydrogen) atoms. The predicted octanol–water partition coefficient (Wildman–Crippen LogP) is 8.52. The molecule has 3 amide bonds. The van der Waals surface area contributed by atoms with Crippen LogP contribution in [0.25, 0.3) is 6.08 Å². The van der Waals surface area contributed by atoms with Crippen molar-refractivity contribution in [2.45, 2.75) is 43.3 Å². The third kappa shape index (κ3) is 9.05. The minimum atomic E-state index is -0.563. The summed E-state index contributed by atoms with van der Waals surface area (Å²) in [5.41, 5.74) is 3.32. The molecule has 0 aliphatic heterocycles. The number of nitrogens with one attached hydrogen (secondary N) is 3. The number of carbonyl (C=O) groups excluding carboxylic acids is 3. The molecule has 0 aliphatic carbocycles. The summed E-state index contributed by atoms with van der Waals surface area (Å²) < 4.78 is 13.5. The summed E-state index contributed by atoms with van der Waals surface area (Å²) >= 11 is 7.18. The van der Waals surface area contributed by atoms with Crippen molar-refractivity contribution in [1.82, 2.24) is 5.32 Å². The topological polar surface area (TPSA) is 87.3 Å². The number of anilines is 2. The van der Waals surface area contributed by atoms with Crippen LogP contribution in [0.15, 0.2) is 108 Å². The van der Waals surface area contributed by atoms with Gasteiger partial charge in [-0.2, -0.15) is 0 Å². The van der Waals surface area contributed by atoms with Gasteiger partial charge in [-0.15, -0.1) is 11.8 Å². The van der Waals surface area contributed by atoms with Crippen LogP contribution in [-0.2, 0) is 9.59 Å². The molecule has 6 nitrogen and oxygen atoms in total. The zero-order chi connectivity index (χ0) is 31.6. The lowest BCUT2D eigenvalue weighted by molar-refractivity contribution is -0.116. The maximum absolute atomic E-state index is 13.5. The second kappa shape index (κ2) is 15.4. The summed E-state index contributed by atoms with van der Waals surface area (Å²) in [5, 5.41) is 7.88. The molecule has 0 aromatic heterocycles. The highest BCUT2D eigenvalue weighted by Gasteiger charge is 2.20. The first kappa shape index (κ1) is 32.5. The largest absolute Gasteiger partial charge is 0.325 e. The fourth-order valence-electron chi connectivity index (χ4n) is 4.21. The maximum Gasteiger partial charge on any atom is 0.272 e. The smallest absolute Gasteiger partial charge is 0.272 e. The zero-order valence-corrected chi connectivity index (χ0v) is 26.1. The van der Waals surface area contributed by atoms with E-state index in [9.17, 15) is 18.8 Å². The molecule has 0 spiro atoms. The molecule has 1 unspecified atom stereocenters. The Hall–Kier alpha value is -4.40. The van der Waals surface area contributed by atoms with Gasteiger partial charge in [0.15, 0.2) is 0 Å². The van der Waals surface area contributed by atoms with Gasteiger partial charge in [-0.25, -0.2) is 4.39 Å². The first-order valence-corrected chi connectivity index (χ1v) is 15.4. The highest BCUT2D eigenvalue weighted by atomic mass is 35.5. The third-order valence-electron chi connectivity index (χ3n) is 6.66. The van der Waals surface area contributed by atoms with Crippen molar-refractivity contribution in [3.05, 3.63) is 130 Å². The standard InChI is InChI=1S/C35H33ClFN3O3S/c1-4-32(35(43)39-27-17-18-30(37)29(36)21-27)44-28-12-8-11-26(20-28)38-34(42)31(40-33(41)25-9-6-5-7-10-25)19-23-13-15-24(16-14-23)22(2)3/h5-22,32H,4H2,1-3H3,(H,38,42)(H,39,43)(H,40,41)/b31-19+. The molecule has 0 aliphatic rings. The number of halogens is 2. The summed E-state index contributed by atoms with van der Waals surface area (Å²) in [5.74, 6) is -1.37. The Morgan fingerprint density at radius 1 is 0.864 bits per heavy atom. The number of amides is 3. The number of thioether (sulfide) groups is 1. The highest BCUT2D eigenvalue weighted by Crippen LogP contribution is 2.29. The molecule has 4 rings (SSSR count). The molecule has 9 heteroatoms. The number of rotatable bonds is 11. The van der Waals surface area contributed by atoms with E-state index >= 15 is 0 Å². The molecule has 4 aromatic rings. The molecular formula is C35H33ClFN3O3S. The van der Waals surface area contributed by atoms with Gasteiger partial charge in [-0.3, -0.25) is 14.4 Å². The van der Waals surface area contributed by atoms with Crippen molar-refractivity contribution in [2.75, 3.05) is 10.6 Å². The minimum absolute atomic E-state index is 0.0760. The molecule has 1 atom stereocenters. The van der Waals surface area contributed by atoms with Crippen molar-refractivity contribution in [3.63, 3.8) is 0 Å². The van der Waals surface area contributed by atoms with E-state index in [0.717, 1.165) is 16.0 Å². The van der Waals surface area contributed by atoms with Gasteiger partial charge in [0.2, 0.25) is 5.91 Å². The van der Waals surface area contributed by atoms with Gasteiger partial charge in [-0.1, -0.05) is 80.9 Å². The third-order valence-corrected chi connectivity index (χ3v) is 8.31. The Morgan fingerprint density at radius 2 is 1.57 bits per heavy atom. The monoisotopic (exact) mass is 629 g/mol. The summed E-state index contributed by atoms with van der Waals surface area (Å²) in [6.07, 6.45) is 2.16. The molecule has 0 saturated carbocycles. The Balaban J connectivity index is 1.51. The molecule has 0 fully saturated rings. The van der Waals surface area contributed by atoms with Crippen LogP contribution >= 0.6 is 23.4 Å². The lowest BCUT2D eigenvalue weighted by atomic mass is 10.0. The number of hydrogen-bond donors (Lipinski definition) is 3. The molecule has 4 aromatic carbocycles. The molecule has 0 radical (unpaired) electrons. The molecular weight excluding hydrogens is 597 g/mol. The van der Waals surface area contributed by atoms with Crippen molar-refractivity contribution < 1.29 is 18.8 Å². The Labute approximate surface area is 266 Å². The van der Waals surface area contributed by atoms with E-state index in [1.54, 1.807) is 48.5 Å². The quantitative estimate of drug-likeness (QED) is 0.115. The van der Waals surface area contributed by atoms with Crippen LogP contribution in [0.5, 0.6) is 0 Å². The van der Waals surface area contributed by atoms with Crippen LogP contribution in [0.3, 0.4) is 0 Å². The van der Waals surface area contributed by atoms with E-state index < -0.39 is 22.9 Å². The average Bonchev–Trinajstić information content (AvgIpc) is 3.02. The summed E-state index contributed by atoms with van der Waals surface area (Å²) in [4.78, 5) is 40.2. The van der Waals surface area contributed by atoms with E-state index in [4.69, 9.17) is 11.6 Å². The zero-order valence-electron chi connectivity index (χ0n) is 24.6. The average molecular weight is 630 g/mol. The van der Waals surface area contributed by atoms with Crippen LogP contribution < -0.4 is 16.0 Å². The van der Waals surface area contributed by atoms with Crippen LogP contribution in [0, 0.1) is 5.82 Å². The highest BCUT2D eigenvalue weighted by molar-refractivity contribution is 8.00. The maximum atomic E-state index is 13.5. The number of carbonyl (C=O) groups is 3. The summed E-state index contributed by atoms with van der Waals surface area (Å²) in [6, 6.07) is 27.6. The fraction of sp³-hybridized carbons (Fsp3) is 0.171. The van der Waals surface area contributed by atoms with Crippen molar-refractivity contribution in [1.29, 1.82) is 0 Å². The van der Waals surface area contributed by atoms with E-state index in [1.807, 2.05) is 43.3 Å². The van der Waals surface area contributed by atoms with E-state index in [1.165, 1.54) is 30.0 Å². The van der Waals surface area contributed by atoms with E-state index in [0.29, 0.717) is 29.3 Å². The summed E-state index contributed by atoms with van der Waals surface area (Å²) in [7, 11) is 0. The normalized spacial score (nSPS) is 12.0. The fourth-order valence-corrected chi connectivity index (χ4v) is 5.41. The first-order valence-electron chi connectivity index (χ1n) is 14.1. The van der Waals surface area contributed by atoms with Crippen molar-refractivity contribution >= 4 is 58.5 Å². The number of benzene rings is 4. The minimum Gasteiger partial charge on any atom is -0.325 e. The molecule has 3 N–H and O–H groups in total. The Morgan fingerprint density at radius 3 is 2.23 bits per heavy atom. The van der Waals surface area contributed by atoms with Gasteiger partial charge >= 0.3 is 0 Å². The molecule has 0 saturated heterocycles. The Kier molecular flexibility index (Phi) is 11.4. The van der Waals surface area contributed by atoms with Crippen LogP contribution in [0.1, 0.15) is 54.6 Å². The van der Waals surface area contributed by atoms with Gasteiger partial charge in [0, 0.05) is 21.8 Å². The molecule has 226 valence electrons. The molecule has 0 heterocycles. The predicted molar refractivity (Wildman–Crippen MR) is 177 cm³/mol. The first-order chi connectivity index (χ1) is 21.1. The van der Waals surface area contributed by atoms with Crippen LogP contribution in [0.4, 0.5) is 15.8 Å². The second-order valence-corrected chi connectivity index (χ2v) is 12.0. The van der Waals surface area contributed by atoms with Gasteiger partial charge < -0.3 is 16.0 Å². The van der Waals surface area contributed by atoms with E-state index in [2.05, 4.69) is 29.8 Å². The number of hydrogen-bond acceptors (Lipinski definition) is 4. The lowest BCUT2D eigenvalue weighted by Crippen LogP contribution is -2.30. The Bertz CT molecular complexity index is 1660. The second-order valence-electron chi connectivity index (χ2n) is 10.3. The SMILES string of the molecule is CCC(Sc1cccc(NC(=O)/C(=C\c2ccc(C(C)C)cc2)NC(=O)c2ccccc2)c1)C(=O)Nc1ccc(F)c(Cl)c1. The van der Waals surface area contributed by atoms with Crippen LogP contribution in [-0.4, -0.2) is 23.0 Å². The summed E-state index contributed by atoms with van der Waals surface area (Å²) in [6.45, 7) is 6.10. The van der Waals surface area contributed by atoms with Gasteiger partial charge in [0.1, 0.15) is 11.5 Å². The lowest BCUT2D eigenvalue weighted by Gasteiger charge is -2.16. The van der Waals surface area contributed by atoms with Gasteiger partial charge in [0.05, 0.1) is 10.3 Å². The van der Waals surface area contributed by atoms with Crippen LogP contribution in [0.2, 0.25) is 5.02 Å². The van der Waals surface area contributed by atoms with E-state index in [-0.39, 0.29) is 16.6 Å². The van der Waals surface area contributed by atoms with Gasteiger partial charge in [-0.05, 0) is 78.1 Å². The molecule has 0 bridgehead atoms. The van der Waals surface area contributed by atoms with Gasteiger partial charge in [0.25, 0.3) is 11.8 Å². The van der Waals surface area contributed by atoms with Crippen molar-refractivity contribution in [2.24, 2.45) is 0 Å². The van der Waals surface area contributed by atoms with Crippen molar-refractivity contribution in [3.8, 4) is 0 Å².